The van der Waals surface area contributed by atoms with Gasteiger partial charge in [0.25, 0.3) is 0 Å². The van der Waals surface area contributed by atoms with Gasteiger partial charge < -0.3 is 14.4 Å². The molecule has 2 fully saturated rings. The van der Waals surface area contributed by atoms with Gasteiger partial charge in [-0.05, 0) is 43.7 Å². The van der Waals surface area contributed by atoms with Gasteiger partial charge in [-0.3, -0.25) is 0 Å². The predicted octanol–water partition coefficient (Wildman–Crippen LogP) is 4.63. The van der Waals surface area contributed by atoms with Gasteiger partial charge >= 0.3 is 0 Å². The zero-order valence-electron chi connectivity index (χ0n) is 15.6. The molecule has 7 heteroatoms. The largest absolute Gasteiger partial charge is 0.355 e. The smallest absolute Gasteiger partial charge is 0.173 e. The molecule has 3 aromatic heterocycles. The van der Waals surface area contributed by atoms with Crippen molar-refractivity contribution < 1.29 is 9.47 Å². The lowest BCUT2D eigenvalue weighted by molar-refractivity contribution is -0.0858. The molecule has 142 valence electrons. The second-order valence-electron chi connectivity index (χ2n) is 7.27. The fourth-order valence-electron chi connectivity index (χ4n) is 4.05. The summed E-state index contributed by atoms with van der Waals surface area (Å²) in [6.45, 7) is 7.74. The van der Waals surface area contributed by atoms with Crippen molar-refractivity contribution in [3.63, 3.8) is 0 Å². The van der Waals surface area contributed by atoms with Crippen LogP contribution in [0, 0.1) is 19.8 Å². The van der Waals surface area contributed by atoms with Crippen molar-refractivity contribution in [3.05, 3.63) is 28.0 Å². The normalized spacial score (nSPS) is 21.4. The fourth-order valence-corrected chi connectivity index (χ4v) is 5.73. The summed E-state index contributed by atoms with van der Waals surface area (Å²) >= 11 is 3.46. The molecular weight excluding hydrogens is 378 g/mol. The van der Waals surface area contributed by atoms with E-state index in [1.807, 2.05) is 0 Å². The molecule has 0 aliphatic carbocycles. The highest BCUT2D eigenvalue weighted by Gasteiger charge is 2.33. The van der Waals surface area contributed by atoms with Crippen LogP contribution < -0.4 is 4.90 Å². The molecule has 2 saturated heterocycles. The summed E-state index contributed by atoms with van der Waals surface area (Å²) in [7, 11) is 0. The third-order valence-corrected chi connectivity index (χ3v) is 7.51. The maximum Gasteiger partial charge on any atom is 0.173 e. The van der Waals surface area contributed by atoms with Crippen LogP contribution in [0.15, 0.2) is 17.5 Å². The van der Waals surface area contributed by atoms with Crippen LogP contribution in [-0.2, 0) is 9.47 Å². The highest BCUT2D eigenvalue weighted by Crippen LogP contribution is 2.39. The van der Waals surface area contributed by atoms with Crippen molar-refractivity contribution in [2.75, 3.05) is 31.2 Å². The summed E-state index contributed by atoms with van der Waals surface area (Å²) in [5.74, 6) is 2.31. The number of thiophene rings is 2. The average Bonchev–Trinajstić information content (AvgIpc) is 3.44. The molecule has 5 rings (SSSR count). The number of hydrogen-bond acceptors (Lipinski definition) is 7. The van der Waals surface area contributed by atoms with Crippen molar-refractivity contribution in [1.82, 2.24) is 9.97 Å². The number of aryl methyl sites for hydroxylation is 2. The van der Waals surface area contributed by atoms with E-state index in [0.29, 0.717) is 19.1 Å². The molecule has 0 radical (unpaired) electrons. The van der Waals surface area contributed by atoms with Gasteiger partial charge in [-0.2, -0.15) is 0 Å². The van der Waals surface area contributed by atoms with Gasteiger partial charge in [0.05, 0.1) is 23.5 Å². The number of aromatic nitrogens is 2. The summed E-state index contributed by atoms with van der Waals surface area (Å²) in [4.78, 5) is 15.9. The van der Waals surface area contributed by atoms with E-state index in [0.717, 1.165) is 47.3 Å². The first-order valence-corrected chi connectivity index (χ1v) is 11.2. The number of nitrogens with zero attached hydrogens (tertiary/aromatic N) is 3. The van der Waals surface area contributed by atoms with Crippen molar-refractivity contribution in [1.29, 1.82) is 0 Å². The molecule has 27 heavy (non-hydrogen) atoms. The Balaban J connectivity index is 1.58. The molecule has 5 nitrogen and oxygen atoms in total. The van der Waals surface area contributed by atoms with Crippen molar-refractivity contribution in [2.45, 2.75) is 33.0 Å². The van der Waals surface area contributed by atoms with E-state index in [4.69, 9.17) is 19.4 Å². The predicted molar refractivity (Wildman–Crippen MR) is 111 cm³/mol. The van der Waals surface area contributed by atoms with E-state index >= 15 is 0 Å². The quantitative estimate of drug-likeness (QED) is 0.641. The van der Waals surface area contributed by atoms with E-state index in [2.05, 4.69) is 36.3 Å². The summed E-state index contributed by atoms with van der Waals surface area (Å²) in [5, 5.41) is 3.30. The number of anilines is 1. The van der Waals surface area contributed by atoms with Gasteiger partial charge in [-0.15, -0.1) is 22.7 Å². The summed E-state index contributed by atoms with van der Waals surface area (Å²) in [5.41, 5.74) is 1.30. The Bertz CT molecular complexity index is 948. The minimum atomic E-state index is -0.0628. The first-order chi connectivity index (χ1) is 13.2. The maximum atomic E-state index is 5.80. The zero-order chi connectivity index (χ0) is 18.4. The third kappa shape index (κ3) is 3.16. The van der Waals surface area contributed by atoms with E-state index in [9.17, 15) is 0 Å². The molecule has 0 N–H and O–H groups in total. The number of rotatable bonds is 3. The average molecular weight is 402 g/mol. The van der Waals surface area contributed by atoms with E-state index < -0.39 is 0 Å². The van der Waals surface area contributed by atoms with Crippen molar-refractivity contribution in [3.8, 4) is 10.7 Å². The van der Waals surface area contributed by atoms with Crippen LogP contribution in [0.5, 0.6) is 0 Å². The highest BCUT2D eigenvalue weighted by atomic mass is 32.1. The van der Waals surface area contributed by atoms with E-state index in [1.54, 1.807) is 22.7 Å². The molecule has 0 spiro atoms. The molecule has 2 aliphatic heterocycles. The second kappa shape index (κ2) is 7.13. The Labute approximate surface area is 167 Å². The molecule has 3 aromatic rings. The molecule has 0 aromatic carbocycles. The number of hydrogen-bond donors (Lipinski definition) is 0. The summed E-state index contributed by atoms with van der Waals surface area (Å²) in [6, 6.07) is 4.16. The third-order valence-electron chi connectivity index (χ3n) is 5.54. The van der Waals surface area contributed by atoms with Crippen LogP contribution in [-0.4, -0.2) is 42.6 Å². The fraction of sp³-hybridized carbons (Fsp3) is 0.500. The molecule has 0 amide bonds. The molecule has 1 atom stereocenters. The molecule has 2 aliphatic rings. The number of ether oxygens (including phenoxy) is 2. The Morgan fingerprint density at radius 2 is 2.04 bits per heavy atom. The van der Waals surface area contributed by atoms with Crippen LogP contribution in [0.2, 0.25) is 0 Å². The van der Waals surface area contributed by atoms with Gasteiger partial charge in [0.15, 0.2) is 12.1 Å². The summed E-state index contributed by atoms with van der Waals surface area (Å²) in [6.07, 6.45) is 2.22. The van der Waals surface area contributed by atoms with Crippen molar-refractivity contribution >= 4 is 38.7 Å². The van der Waals surface area contributed by atoms with Gasteiger partial charge in [-0.1, -0.05) is 6.07 Å². The Kier molecular flexibility index (Phi) is 4.63. The Morgan fingerprint density at radius 1 is 1.19 bits per heavy atom. The van der Waals surface area contributed by atoms with E-state index in [-0.39, 0.29) is 6.29 Å². The highest BCUT2D eigenvalue weighted by molar-refractivity contribution is 7.19. The molecule has 0 saturated carbocycles. The van der Waals surface area contributed by atoms with Gasteiger partial charge in [0.2, 0.25) is 0 Å². The SMILES string of the molecule is Cc1sc2nc(-c3cccs3)nc(N3CCCC(C4OCCO4)C3)c2c1C. The minimum absolute atomic E-state index is 0.0628. The summed E-state index contributed by atoms with van der Waals surface area (Å²) < 4.78 is 11.6. The Morgan fingerprint density at radius 3 is 2.81 bits per heavy atom. The zero-order valence-corrected chi connectivity index (χ0v) is 17.2. The molecular formula is C20H23N3O2S2. The van der Waals surface area contributed by atoms with Crippen LogP contribution >= 0.6 is 22.7 Å². The molecule has 1 unspecified atom stereocenters. The van der Waals surface area contributed by atoms with E-state index in [1.165, 1.54) is 15.8 Å². The monoisotopic (exact) mass is 401 g/mol. The Hall–Kier alpha value is -1.54. The van der Waals surface area contributed by atoms with Crippen LogP contribution in [0.25, 0.3) is 20.9 Å². The van der Waals surface area contributed by atoms with Crippen LogP contribution in [0.3, 0.4) is 0 Å². The minimum Gasteiger partial charge on any atom is -0.355 e. The second-order valence-corrected chi connectivity index (χ2v) is 9.42. The topological polar surface area (TPSA) is 47.5 Å². The number of piperidine rings is 1. The first kappa shape index (κ1) is 17.6. The lowest BCUT2D eigenvalue weighted by Crippen LogP contribution is -2.41. The van der Waals surface area contributed by atoms with Crippen molar-refractivity contribution in [2.24, 2.45) is 5.92 Å². The van der Waals surface area contributed by atoms with Crippen LogP contribution in [0.1, 0.15) is 23.3 Å². The lowest BCUT2D eigenvalue weighted by Gasteiger charge is -2.35. The maximum absolute atomic E-state index is 5.80. The number of fused-ring (bicyclic) bond motifs is 1. The lowest BCUT2D eigenvalue weighted by atomic mass is 9.97. The molecule has 0 bridgehead atoms. The van der Waals surface area contributed by atoms with Gasteiger partial charge in [-0.25, -0.2) is 9.97 Å². The molecule has 5 heterocycles. The standard InChI is InChI=1S/C20H23N3O2S2/c1-12-13(2)27-19-16(12)18(21-17(22-19)15-6-4-10-26-15)23-7-3-5-14(11-23)20-24-8-9-25-20/h4,6,10,14,20H,3,5,7-9,11H2,1-2H3. The van der Waals surface area contributed by atoms with Gasteiger partial charge in [0, 0.05) is 23.9 Å². The van der Waals surface area contributed by atoms with Gasteiger partial charge in [0.1, 0.15) is 10.6 Å². The first-order valence-electron chi connectivity index (χ1n) is 9.50. The van der Waals surface area contributed by atoms with Crippen LogP contribution in [0.4, 0.5) is 5.82 Å².